The molecule has 0 bridgehead atoms. The molecule has 0 saturated heterocycles. The van der Waals surface area contributed by atoms with Gasteiger partial charge in [0.05, 0.1) is 0 Å². The van der Waals surface area contributed by atoms with E-state index in [-0.39, 0.29) is 0 Å². The molecular formula is C19H47N5. The monoisotopic (exact) mass is 345 g/mol. The highest BCUT2D eigenvalue weighted by molar-refractivity contribution is 4.51. The molecule has 0 aromatic rings. The molecule has 5 nitrogen and oxygen atoms in total. The maximum atomic E-state index is 5.42. The standard InChI is InChI=1S/C11H27N3.C8H20N2/c12-8-5-3-1-2-4-6-10-14-11-7-9-13;9-7-5-3-1-2-4-6-8-10/h14H,1-13H2;1-10H2. The third-order valence-electron chi connectivity index (χ3n) is 4.02. The van der Waals surface area contributed by atoms with Gasteiger partial charge in [0.2, 0.25) is 0 Å². The van der Waals surface area contributed by atoms with Crippen molar-refractivity contribution in [3.8, 4) is 0 Å². The third-order valence-corrected chi connectivity index (χ3v) is 4.02. The van der Waals surface area contributed by atoms with E-state index in [2.05, 4.69) is 5.32 Å². The van der Waals surface area contributed by atoms with Crippen molar-refractivity contribution >= 4 is 0 Å². The summed E-state index contributed by atoms with van der Waals surface area (Å²) in [6.45, 7) is 5.56. The second kappa shape index (κ2) is 27.6. The molecule has 148 valence electrons. The molecule has 0 amide bonds. The highest BCUT2D eigenvalue weighted by atomic mass is 14.8. The zero-order valence-electron chi connectivity index (χ0n) is 16.2. The summed E-state index contributed by atoms with van der Waals surface area (Å²) in [4.78, 5) is 0. The van der Waals surface area contributed by atoms with Gasteiger partial charge in [-0.05, 0) is 71.4 Å². The summed E-state index contributed by atoms with van der Waals surface area (Å²) in [5, 5.41) is 3.39. The molecule has 0 saturated carbocycles. The lowest BCUT2D eigenvalue weighted by molar-refractivity contribution is 0.562. The van der Waals surface area contributed by atoms with Crippen LogP contribution in [0.25, 0.3) is 0 Å². The van der Waals surface area contributed by atoms with Gasteiger partial charge in [-0.1, -0.05) is 51.4 Å². The van der Waals surface area contributed by atoms with Gasteiger partial charge in [-0.3, -0.25) is 0 Å². The molecule has 0 atom stereocenters. The Kier molecular flexibility index (Phi) is 30.0. The fourth-order valence-electron chi connectivity index (χ4n) is 2.45. The van der Waals surface area contributed by atoms with Gasteiger partial charge in [-0.15, -0.1) is 0 Å². The lowest BCUT2D eigenvalue weighted by atomic mass is 10.1. The number of nitrogens with one attached hydrogen (secondary N) is 1. The second-order valence-corrected chi connectivity index (χ2v) is 6.50. The molecule has 0 aromatic carbocycles. The van der Waals surface area contributed by atoms with Gasteiger partial charge >= 0.3 is 0 Å². The van der Waals surface area contributed by atoms with Crippen molar-refractivity contribution < 1.29 is 0 Å². The molecule has 0 rings (SSSR count). The molecule has 0 fully saturated rings. The molecule has 0 aliphatic heterocycles. The fourth-order valence-corrected chi connectivity index (χ4v) is 2.45. The van der Waals surface area contributed by atoms with Crippen LogP contribution >= 0.6 is 0 Å². The van der Waals surface area contributed by atoms with Gasteiger partial charge in [0.25, 0.3) is 0 Å². The summed E-state index contributed by atoms with van der Waals surface area (Å²) in [6.07, 6.45) is 16.6. The summed E-state index contributed by atoms with van der Waals surface area (Å²) in [5.74, 6) is 0. The Morgan fingerprint density at radius 1 is 0.333 bits per heavy atom. The SMILES string of the molecule is NCCCCCCCCN.NCCCCCCCCNCCCN. The largest absolute Gasteiger partial charge is 0.330 e. The first-order chi connectivity index (χ1) is 11.8. The lowest BCUT2D eigenvalue weighted by Gasteiger charge is -2.03. The van der Waals surface area contributed by atoms with Crippen LogP contribution in [0.4, 0.5) is 0 Å². The smallest absolute Gasteiger partial charge is 0.00369 e. The minimum absolute atomic E-state index is 0.798. The van der Waals surface area contributed by atoms with Crippen LogP contribution in [0.2, 0.25) is 0 Å². The Morgan fingerprint density at radius 3 is 1.00 bits per heavy atom. The normalized spacial score (nSPS) is 10.5. The molecule has 0 aliphatic rings. The number of hydrogen-bond donors (Lipinski definition) is 5. The van der Waals surface area contributed by atoms with E-state index in [9.17, 15) is 0 Å². The van der Waals surface area contributed by atoms with Crippen molar-refractivity contribution in [2.24, 2.45) is 22.9 Å². The Balaban J connectivity index is 0. The summed E-state index contributed by atoms with van der Waals surface area (Å²) in [7, 11) is 0. The molecule has 0 radical (unpaired) electrons. The quantitative estimate of drug-likeness (QED) is 0.245. The average molecular weight is 346 g/mol. The molecule has 24 heavy (non-hydrogen) atoms. The van der Waals surface area contributed by atoms with Crippen molar-refractivity contribution in [2.75, 3.05) is 39.3 Å². The van der Waals surface area contributed by atoms with E-state index < -0.39 is 0 Å². The first-order valence-electron chi connectivity index (χ1n) is 10.3. The van der Waals surface area contributed by atoms with E-state index in [1.165, 1.54) is 77.0 Å². The molecule has 0 aromatic heterocycles. The van der Waals surface area contributed by atoms with Crippen LogP contribution in [0, 0.1) is 0 Å². The van der Waals surface area contributed by atoms with Crippen LogP contribution in [-0.4, -0.2) is 39.3 Å². The van der Waals surface area contributed by atoms with Crippen molar-refractivity contribution in [3.63, 3.8) is 0 Å². The van der Waals surface area contributed by atoms with Crippen molar-refractivity contribution in [2.45, 2.75) is 83.5 Å². The summed E-state index contributed by atoms with van der Waals surface area (Å²) >= 11 is 0. The summed E-state index contributed by atoms with van der Waals surface area (Å²) in [6, 6.07) is 0. The van der Waals surface area contributed by atoms with E-state index >= 15 is 0 Å². The van der Waals surface area contributed by atoms with Gasteiger partial charge in [0.1, 0.15) is 0 Å². The Hall–Kier alpha value is -0.200. The maximum Gasteiger partial charge on any atom is -0.00369 e. The van der Waals surface area contributed by atoms with E-state index in [0.29, 0.717) is 0 Å². The maximum absolute atomic E-state index is 5.42. The topological polar surface area (TPSA) is 116 Å². The Labute approximate surface area is 151 Å². The van der Waals surface area contributed by atoms with Gasteiger partial charge < -0.3 is 28.3 Å². The number of hydrogen-bond acceptors (Lipinski definition) is 5. The molecule has 0 heterocycles. The van der Waals surface area contributed by atoms with Gasteiger partial charge in [0.15, 0.2) is 0 Å². The molecule has 0 aliphatic carbocycles. The first-order valence-corrected chi connectivity index (χ1v) is 10.3. The van der Waals surface area contributed by atoms with Gasteiger partial charge in [0, 0.05) is 0 Å². The van der Waals surface area contributed by atoms with E-state index in [0.717, 1.165) is 45.7 Å². The van der Waals surface area contributed by atoms with E-state index in [1.807, 2.05) is 0 Å². The van der Waals surface area contributed by atoms with Gasteiger partial charge in [-0.25, -0.2) is 0 Å². The Morgan fingerprint density at radius 2 is 0.625 bits per heavy atom. The van der Waals surface area contributed by atoms with Crippen LogP contribution < -0.4 is 28.3 Å². The molecule has 9 N–H and O–H groups in total. The zero-order valence-corrected chi connectivity index (χ0v) is 16.2. The number of nitrogens with two attached hydrogens (primary N) is 4. The fraction of sp³-hybridized carbons (Fsp3) is 1.00. The second-order valence-electron chi connectivity index (χ2n) is 6.50. The Bertz CT molecular complexity index is 171. The third kappa shape index (κ3) is 29.8. The summed E-state index contributed by atoms with van der Waals surface area (Å²) in [5.41, 5.74) is 21.5. The zero-order chi connectivity index (χ0) is 18.1. The van der Waals surface area contributed by atoms with Crippen molar-refractivity contribution in [3.05, 3.63) is 0 Å². The highest BCUT2D eigenvalue weighted by Gasteiger charge is 1.91. The minimum atomic E-state index is 0.798. The van der Waals surface area contributed by atoms with Crippen LogP contribution in [0.5, 0.6) is 0 Å². The molecule has 0 unspecified atom stereocenters. The van der Waals surface area contributed by atoms with Crippen molar-refractivity contribution in [1.82, 2.24) is 5.32 Å². The summed E-state index contributed by atoms with van der Waals surface area (Å²) < 4.78 is 0. The minimum Gasteiger partial charge on any atom is -0.330 e. The predicted octanol–water partition coefficient (Wildman–Crippen LogP) is 2.47. The first kappa shape index (κ1) is 26.0. The van der Waals surface area contributed by atoms with Crippen molar-refractivity contribution in [1.29, 1.82) is 0 Å². The van der Waals surface area contributed by atoms with Gasteiger partial charge in [-0.2, -0.15) is 0 Å². The number of rotatable bonds is 18. The van der Waals surface area contributed by atoms with E-state index in [4.69, 9.17) is 22.9 Å². The molecular weight excluding hydrogens is 298 g/mol. The van der Waals surface area contributed by atoms with Crippen LogP contribution in [0.3, 0.4) is 0 Å². The van der Waals surface area contributed by atoms with Crippen LogP contribution in [-0.2, 0) is 0 Å². The highest BCUT2D eigenvalue weighted by Crippen LogP contribution is 2.04. The molecule has 0 spiro atoms. The average Bonchev–Trinajstić information content (AvgIpc) is 2.60. The predicted molar refractivity (Wildman–Crippen MR) is 109 cm³/mol. The number of unbranched alkanes of at least 4 members (excludes halogenated alkanes) is 10. The van der Waals surface area contributed by atoms with Crippen LogP contribution in [0.15, 0.2) is 0 Å². The van der Waals surface area contributed by atoms with Crippen LogP contribution in [0.1, 0.15) is 83.5 Å². The lowest BCUT2D eigenvalue weighted by Crippen LogP contribution is -2.19. The van der Waals surface area contributed by atoms with E-state index in [1.54, 1.807) is 0 Å². The molecule has 5 heteroatoms.